The lowest BCUT2D eigenvalue weighted by Gasteiger charge is -2.14. The van der Waals surface area contributed by atoms with Gasteiger partial charge < -0.3 is 10.1 Å². The minimum absolute atomic E-state index is 0.311. The fourth-order valence-corrected chi connectivity index (χ4v) is 2.39. The van der Waals surface area contributed by atoms with E-state index in [4.69, 9.17) is 4.74 Å². The van der Waals surface area contributed by atoms with E-state index in [-0.39, 0.29) is 0 Å². The first kappa shape index (κ1) is 16.3. The van der Waals surface area contributed by atoms with Gasteiger partial charge in [0, 0.05) is 11.9 Å². The zero-order valence-corrected chi connectivity index (χ0v) is 14.0. The maximum Gasteiger partial charge on any atom is 0.343 e. The van der Waals surface area contributed by atoms with Gasteiger partial charge in [-0.3, -0.25) is 0 Å². The van der Waals surface area contributed by atoms with E-state index in [9.17, 15) is 4.79 Å². The van der Waals surface area contributed by atoms with Crippen molar-refractivity contribution in [3.8, 4) is 0 Å². The summed E-state index contributed by atoms with van der Waals surface area (Å²) < 4.78 is 5.07. The highest BCUT2D eigenvalue weighted by Crippen LogP contribution is 2.26. The molecule has 0 amide bonds. The van der Waals surface area contributed by atoms with Crippen LogP contribution in [0.1, 0.15) is 28.4 Å². The fraction of sp³-hybridized carbons (Fsp3) is 0.312. The molecule has 0 aliphatic heterocycles. The standard InChI is InChI=1S/C16H19N3O2S/c1-5-21-15(20)12-9-17-16(22-4)19-14(12)18-13-10(2)7-6-8-11(13)3/h6-9H,5H2,1-4H3,(H,17,18,19). The number of aromatic nitrogens is 2. The summed E-state index contributed by atoms with van der Waals surface area (Å²) in [5.41, 5.74) is 3.44. The Morgan fingerprint density at radius 3 is 2.59 bits per heavy atom. The molecular formula is C16H19N3O2S. The van der Waals surface area contributed by atoms with Crippen LogP contribution in [0.4, 0.5) is 11.5 Å². The third-order valence-electron chi connectivity index (χ3n) is 3.17. The van der Waals surface area contributed by atoms with Crippen LogP contribution in [0.25, 0.3) is 0 Å². The van der Waals surface area contributed by atoms with E-state index in [0.29, 0.717) is 23.1 Å². The molecule has 5 nitrogen and oxygen atoms in total. The quantitative estimate of drug-likeness (QED) is 0.515. The largest absolute Gasteiger partial charge is 0.462 e. The summed E-state index contributed by atoms with van der Waals surface area (Å²) in [7, 11) is 0. The van der Waals surface area contributed by atoms with Crippen LogP contribution in [-0.2, 0) is 4.74 Å². The Bertz CT molecular complexity index is 669. The van der Waals surface area contributed by atoms with E-state index >= 15 is 0 Å². The van der Waals surface area contributed by atoms with Crippen LogP contribution >= 0.6 is 11.8 Å². The summed E-state index contributed by atoms with van der Waals surface area (Å²) in [6.45, 7) is 6.10. The first-order chi connectivity index (χ1) is 10.6. The molecule has 0 aliphatic rings. The van der Waals surface area contributed by atoms with Crippen molar-refractivity contribution < 1.29 is 9.53 Å². The van der Waals surface area contributed by atoms with Gasteiger partial charge in [0.2, 0.25) is 0 Å². The zero-order chi connectivity index (χ0) is 16.1. The predicted octanol–water partition coefficient (Wildman–Crippen LogP) is 3.74. The van der Waals surface area contributed by atoms with E-state index in [2.05, 4.69) is 15.3 Å². The molecule has 0 saturated carbocycles. The van der Waals surface area contributed by atoms with Crippen molar-refractivity contribution in [3.63, 3.8) is 0 Å². The van der Waals surface area contributed by atoms with Gasteiger partial charge in [-0.1, -0.05) is 30.0 Å². The number of aryl methyl sites for hydroxylation is 2. The third-order valence-corrected chi connectivity index (χ3v) is 3.73. The van der Waals surface area contributed by atoms with Crippen LogP contribution in [0.5, 0.6) is 0 Å². The number of hydrogen-bond acceptors (Lipinski definition) is 6. The van der Waals surface area contributed by atoms with Crippen molar-refractivity contribution in [1.29, 1.82) is 0 Å². The second-order valence-electron chi connectivity index (χ2n) is 4.73. The lowest BCUT2D eigenvalue weighted by molar-refractivity contribution is 0.0526. The zero-order valence-electron chi connectivity index (χ0n) is 13.1. The molecule has 116 valence electrons. The van der Waals surface area contributed by atoms with Crippen molar-refractivity contribution in [2.45, 2.75) is 25.9 Å². The Kier molecular flexibility index (Phi) is 5.38. The molecule has 0 unspecified atom stereocenters. The molecule has 0 atom stereocenters. The minimum atomic E-state index is -0.427. The van der Waals surface area contributed by atoms with Crippen LogP contribution < -0.4 is 5.32 Å². The van der Waals surface area contributed by atoms with E-state index in [1.54, 1.807) is 6.92 Å². The molecule has 22 heavy (non-hydrogen) atoms. The van der Waals surface area contributed by atoms with Gasteiger partial charge in [0.05, 0.1) is 6.61 Å². The molecule has 0 bridgehead atoms. The number of carbonyl (C=O) groups excluding carboxylic acids is 1. The highest BCUT2D eigenvalue weighted by atomic mass is 32.2. The van der Waals surface area contributed by atoms with Crippen LogP contribution in [0.3, 0.4) is 0 Å². The normalized spacial score (nSPS) is 10.4. The van der Waals surface area contributed by atoms with Crippen LogP contribution in [0.2, 0.25) is 0 Å². The fourth-order valence-electron chi connectivity index (χ4n) is 2.05. The van der Waals surface area contributed by atoms with Crippen molar-refractivity contribution in [3.05, 3.63) is 41.1 Å². The minimum Gasteiger partial charge on any atom is -0.462 e. The third kappa shape index (κ3) is 3.57. The van der Waals surface area contributed by atoms with Gasteiger partial charge in [-0.25, -0.2) is 14.8 Å². The van der Waals surface area contributed by atoms with Crippen LogP contribution in [-0.4, -0.2) is 28.8 Å². The summed E-state index contributed by atoms with van der Waals surface area (Å²) in [5.74, 6) is 0.0408. The first-order valence-electron chi connectivity index (χ1n) is 6.98. The summed E-state index contributed by atoms with van der Waals surface area (Å²) in [6.07, 6.45) is 3.40. The average Bonchev–Trinajstić information content (AvgIpc) is 2.51. The van der Waals surface area contributed by atoms with Crippen LogP contribution in [0, 0.1) is 13.8 Å². The number of esters is 1. The number of benzene rings is 1. The van der Waals surface area contributed by atoms with Gasteiger partial charge in [0.15, 0.2) is 5.16 Å². The molecule has 0 aliphatic carbocycles. The Balaban J connectivity index is 2.45. The molecule has 1 N–H and O–H groups in total. The summed E-state index contributed by atoms with van der Waals surface area (Å²) in [6, 6.07) is 6.02. The number of hydrogen-bond donors (Lipinski definition) is 1. The first-order valence-corrected chi connectivity index (χ1v) is 8.20. The molecule has 0 fully saturated rings. The number of para-hydroxylation sites is 1. The maximum absolute atomic E-state index is 12.1. The maximum atomic E-state index is 12.1. The molecule has 0 spiro atoms. The smallest absolute Gasteiger partial charge is 0.343 e. The second kappa shape index (κ2) is 7.26. The van der Waals surface area contributed by atoms with Gasteiger partial charge in [-0.2, -0.15) is 0 Å². The molecule has 2 rings (SSSR count). The molecule has 6 heteroatoms. The van der Waals surface area contributed by atoms with E-state index in [1.807, 2.05) is 38.3 Å². The molecule has 1 aromatic heterocycles. The summed E-state index contributed by atoms with van der Waals surface area (Å²) in [5, 5.41) is 3.86. The Labute approximate surface area is 134 Å². The van der Waals surface area contributed by atoms with Gasteiger partial charge in [-0.05, 0) is 38.2 Å². The number of thioether (sulfide) groups is 1. The summed E-state index contributed by atoms with van der Waals surface area (Å²) >= 11 is 1.42. The van der Waals surface area contributed by atoms with E-state index in [0.717, 1.165) is 16.8 Å². The number of nitrogens with zero attached hydrogens (tertiary/aromatic N) is 2. The SMILES string of the molecule is CCOC(=O)c1cnc(SC)nc1Nc1c(C)cccc1C. The Hall–Kier alpha value is -2.08. The number of anilines is 2. The van der Waals surface area contributed by atoms with Crippen molar-refractivity contribution in [1.82, 2.24) is 9.97 Å². The molecule has 1 heterocycles. The van der Waals surface area contributed by atoms with Crippen molar-refractivity contribution in [2.24, 2.45) is 0 Å². The number of carbonyl (C=O) groups is 1. The van der Waals surface area contributed by atoms with Crippen molar-refractivity contribution >= 4 is 29.2 Å². The van der Waals surface area contributed by atoms with Gasteiger partial charge in [-0.15, -0.1) is 0 Å². The lowest BCUT2D eigenvalue weighted by Crippen LogP contribution is -2.11. The number of rotatable bonds is 5. The van der Waals surface area contributed by atoms with E-state index < -0.39 is 5.97 Å². The monoisotopic (exact) mass is 317 g/mol. The number of ether oxygens (including phenoxy) is 1. The average molecular weight is 317 g/mol. The lowest BCUT2D eigenvalue weighted by atomic mass is 10.1. The van der Waals surface area contributed by atoms with Gasteiger partial charge in [0.25, 0.3) is 0 Å². The molecule has 0 saturated heterocycles. The van der Waals surface area contributed by atoms with E-state index in [1.165, 1.54) is 18.0 Å². The van der Waals surface area contributed by atoms with Crippen LogP contribution in [0.15, 0.2) is 29.6 Å². The highest BCUT2D eigenvalue weighted by molar-refractivity contribution is 7.98. The molecule has 2 aromatic rings. The number of nitrogens with one attached hydrogen (secondary N) is 1. The topological polar surface area (TPSA) is 64.1 Å². The second-order valence-corrected chi connectivity index (χ2v) is 5.50. The van der Waals surface area contributed by atoms with Gasteiger partial charge in [0.1, 0.15) is 11.4 Å². The Morgan fingerprint density at radius 2 is 2.00 bits per heavy atom. The highest BCUT2D eigenvalue weighted by Gasteiger charge is 2.17. The Morgan fingerprint density at radius 1 is 1.32 bits per heavy atom. The molecule has 0 radical (unpaired) electrons. The molecular weight excluding hydrogens is 298 g/mol. The van der Waals surface area contributed by atoms with Gasteiger partial charge >= 0.3 is 5.97 Å². The molecule has 1 aromatic carbocycles. The predicted molar refractivity (Wildman–Crippen MR) is 89.0 cm³/mol. The summed E-state index contributed by atoms with van der Waals surface area (Å²) in [4.78, 5) is 20.6. The van der Waals surface area contributed by atoms with Crippen molar-refractivity contribution in [2.75, 3.05) is 18.2 Å².